The van der Waals surface area contributed by atoms with E-state index in [0.29, 0.717) is 12.5 Å². The Hall–Kier alpha value is -0.610. The first-order chi connectivity index (χ1) is 7.83. The van der Waals surface area contributed by atoms with Crippen LogP contribution in [0.3, 0.4) is 0 Å². The fraction of sp³-hybridized carbons (Fsp3) is 0.818. The molecule has 1 aromatic heterocycles. The average Bonchev–Trinajstić information content (AvgIpc) is 2.69. The number of alkyl halides is 1. The molecule has 0 radical (unpaired) electrons. The Bertz CT molecular complexity index is 301. The van der Waals surface area contributed by atoms with E-state index in [1.807, 2.05) is 4.68 Å². The van der Waals surface area contributed by atoms with Crippen LogP contribution in [0.5, 0.6) is 0 Å². The lowest BCUT2D eigenvalue weighted by Gasteiger charge is -2.06. The number of rotatable bonds is 8. The molecule has 5 heteroatoms. The van der Waals surface area contributed by atoms with Gasteiger partial charge >= 0.3 is 0 Å². The molecule has 0 bridgehead atoms. The predicted molar refractivity (Wildman–Crippen MR) is 64.7 cm³/mol. The molecule has 0 aliphatic rings. The largest absolute Gasteiger partial charge is 0.384 e. The standard InChI is InChI=1S/C11H20ClN3O/c1-3-4-5-7-15-11(6-8-16-2)10(9-12)13-14-15/h3-9H2,1-2H3. The highest BCUT2D eigenvalue weighted by Crippen LogP contribution is 2.11. The third-order valence-electron chi connectivity index (χ3n) is 2.56. The zero-order valence-electron chi connectivity index (χ0n) is 10.1. The third kappa shape index (κ3) is 3.76. The molecule has 0 amide bonds. The van der Waals surface area contributed by atoms with E-state index >= 15 is 0 Å². The van der Waals surface area contributed by atoms with Crippen molar-refractivity contribution in [2.75, 3.05) is 13.7 Å². The second-order valence-electron chi connectivity index (χ2n) is 3.79. The Morgan fingerprint density at radius 3 is 2.81 bits per heavy atom. The normalized spacial score (nSPS) is 10.9. The minimum absolute atomic E-state index is 0.423. The Labute approximate surface area is 102 Å². The molecule has 16 heavy (non-hydrogen) atoms. The van der Waals surface area contributed by atoms with Crippen LogP contribution in [0.25, 0.3) is 0 Å². The van der Waals surface area contributed by atoms with Gasteiger partial charge < -0.3 is 4.74 Å². The number of methoxy groups -OCH3 is 1. The molecule has 0 aliphatic carbocycles. The van der Waals surface area contributed by atoms with E-state index in [-0.39, 0.29) is 0 Å². The Balaban J connectivity index is 2.62. The van der Waals surface area contributed by atoms with Gasteiger partial charge in [-0.1, -0.05) is 25.0 Å². The summed E-state index contributed by atoms with van der Waals surface area (Å²) < 4.78 is 7.05. The van der Waals surface area contributed by atoms with Gasteiger partial charge in [-0.15, -0.1) is 16.7 Å². The SMILES string of the molecule is CCCCCn1nnc(CCl)c1CCOC. The molecule has 0 aliphatic heterocycles. The van der Waals surface area contributed by atoms with E-state index in [9.17, 15) is 0 Å². The molecule has 92 valence electrons. The van der Waals surface area contributed by atoms with E-state index in [1.54, 1.807) is 7.11 Å². The van der Waals surface area contributed by atoms with Crippen molar-refractivity contribution in [3.05, 3.63) is 11.4 Å². The van der Waals surface area contributed by atoms with Crippen molar-refractivity contribution < 1.29 is 4.74 Å². The second-order valence-corrected chi connectivity index (χ2v) is 4.06. The van der Waals surface area contributed by atoms with Crippen LogP contribution in [-0.2, 0) is 23.6 Å². The van der Waals surface area contributed by atoms with Gasteiger partial charge in [-0.3, -0.25) is 0 Å². The van der Waals surface area contributed by atoms with Crippen molar-refractivity contribution in [2.45, 2.75) is 45.0 Å². The highest BCUT2D eigenvalue weighted by molar-refractivity contribution is 6.16. The number of unbranched alkanes of at least 4 members (excludes halogenated alkanes) is 2. The van der Waals surface area contributed by atoms with Gasteiger partial charge in [-0.2, -0.15) is 0 Å². The van der Waals surface area contributed by atoms with E-state index in [4.69, 9.17) is 16.3 Å². The molecule has 0 atom stereocenters. The Morgan fingerprint density at radius 2 is 2.19 bits per heavy atom. The number of ether oxygens (including phenoxy) is 1. The number of hydrogen-bond donors (Lipinski definition) is 0. The van der Waals surface area contributed by atoms with Gasteiger partial charge in [0.05, 0.1) is 18.2 Å². The highest BCUT2D eigenvalue weighted by Gasteiger charge is 2.11. The molecule has 1 rings (SSSR count). The minimum Gasteiger partial charge on any atom is -0.384 e. The summed E-state index contributed by atoms with van der Waals surface area (Å²) >= 11 is 5.83. The van der Waals surface area contributed by atoms with Crippen molar-refractivity contribution in [1.29, 1.82) is 0 Å². The van der Waals surface area contributed by atoms with Crippen molar-refractivity contribution in [2.24, 2.45) is 0 Å². The lowest BCUT2D eigenvalue weighted by atomic mass is 10.2. The van der Waals surface area contributed by atoms with E-state index < -0.39 is 0 Å². The molecule has 0 fully saturated rings. The highest BCUT2D eigenvalue weighted by atomic mass is 35.5. The van der Waals surface area contributed by atoms with Crippen molar-refractivity contribution in [3.63, 3.8) is 0 Å². The molecule has 0 aromatic carbocycles. The Kier molecular flexibility index (Phi) is 6.42. The van der Waals surface area contributed by atoms with Crippen LogP contribution in [0, 0.1) is 0 Å². The Morgan fingerprint density at radius 1 is 1.38 bits per heavy atom. The van der Waals surface area contributed by atoms with Gasteiger partial charge in [0.1, 0.15) is 5.69 Å². The predicted octanol–water partition coefficient (Wildman–Crippen LogP) is 2.40. The van der Waals surface area contributed by atoms with E-state index in [2.05, 4.69) is 17.2 Å². The molecule has 0 saturated heterocycles. The molecule has 0 saturated carbocycles. The fourth-order valence-corrected chi connectivity index (χ4v) is 1.84. The van der Waals surface area contributed by atoms with Gasteiger partial charge in [0.25, 0.3) is 0 Å². The maximum atomic E-state index is 5.83. The quantitative estimate of drug-likeness (QED) is 0.522. The first kappa shape index (κ1) is 13.5. The summed E-state index contributed by atoms with van der Waals surface area (Å²) in [7, 11) is 1.70. The molecule has 0 spiro atoms. The van der Waals surface area contributed by atoms with Crippen LogP contribution < -0.4 is 0 Å². The molecule has 0 N–H and O–H groups in total. The summed E-state index contributed by atoms with van der Waals surface area (Å²) in [5.41, 5.74) is 2.00. The van der Waals surface area contributed by atoms with Crippen LogP contribution in [0.15, 0.2) is 0 Å². The summed E-state index contributed by atoms with van der Waals surface area (Å²) in [6.45, 7) is 3.80. The molecule has 4 nitrogen and oxygen atoms in total. The van der Waals surface area contributed by atoms with Crippen LogP contribution >= 0.6 is 11.6 Å². The number of halogens is 1. The maximum absolute atomic E-state index is 5.83. The first-order valence-corrected chi connectivity index (χ1v) is 6.33. The third-order valence-corrected chi connectivity index (χ3v) is 2.81. The van der Waals surface area contributed by atoms with Gasteiger partial charge in [-0.05, 0) is 6.42 Å². The summed E-state index contributed by atoms with van der Waals surface area (Å²) in [5.74, 6) is 0.423. The zero-order chi connectivity index (χ0) is 11.8. The number of aryl methyl sites for hydroxylation is 1. The minimum atomic E-state index is 0.423. The second kappa shape index (κ2) is 7.63. The smallest absolute Gasteiger partial charge is 0.101 e. The number of hydrogen-bond acceptors (Lipinski definition) is 3. The van der Waals surface area contributed by atoms with Crippen molar-refractivity contribution in [3.8, 4) is 0 Å². The van der Waals surface area contributed by atoms with Crippen LogP contribution in [0.1, 0.15) is 37.6 Å². The van der Waals surface area contributed by atoms with Crippen LogP contribution in [-0.4, -0.2) is 28.7 Å². The summed E-state index contributed by atoms with van der Waals surface area (Å²) in [6.07, 6.45) is 4.41. The summed E-state index contributed by atoms with van der Waals surface area (Å²) in [4.78, 5) is 0. The van der Waals surface area contributed by atoms with E-state index in [1.165, 1.54) is 12.8 Å². The molecule has 0 unspecified atom stereocenters. The van der Waals surface area contributed by atoms with Crippen LogP contribution in [0.2, 0.25) is 0 Å². The molecule has 1 heterocycles. The van der Waals surface area contributed by atoms with E-state index in [0.717, 1.165) is 30.8 Å². The number of aromatic nitrogens is 3. The lowest BCUT2D eigenvalue weighted by Crippen LogP contribution is -2.08. The first-order valence-electron chi connectivity index (χ1n) is 5.79. The maximum Gasteiger partial charge on any atom is 0.101 e. The van der Waals surface area contributed by atoms with Gasteiger partial charge in [0, 0.05) is 20.1 Å². The van der Waals surface area contributed by atoms with Gasteiger partial charge in [0.15, 0.2) is 0 Å². The monoisotopic (exact) mass is 245 g/mol. The molecular weight excluding hydrogens is 226 g/mol. The zero-order valence-corrected chi connectivity index (χ0v) is 10.8. The van der Waals surface area contributed by atoms with Crippen molar-refractivity contribution >= 4 is 11.6 Å². The lowest BCUT2D eigenvalue weighted by molar-refractivity contribution is 0.200. The topological polar surface area (TPSA) is 39.9 Å². The van der Waals surface area contributed by atoms with Crippen LogP contribution in [0.4, 0.5) is 0 Å². The summed E-state index contributed by atoms with van der Waals surface area (Å²) in [6, 6.07) is 0. The fourth-order valence-electron chi connectivity index (χ4n) is 1.64. The van der Waals surface area contributed by atoms with Gasteiger partial charge in [-0.25, -0.2) is 4.68 Å². The summed E-state index contributed by atoms with van der Waals surface area (Å²) in [5, 5.41) is 8.23. The van der Waals surface area contributed by atoms with Crippen molar-refractivity contribution in [1.82, 2.24) is 15.0 Å². The van der Waals surface area contributed by atoms with Gasteiger partial charge in [0.2, 0.25) is 0 Å². The molecular formula is C11H20ClN3O. The number of nitrogens with zero attached hydrogens (tertiary/aromatic N) is 3. The molecule has 1 aromatic rings. The average molecular weight is 246 g/mol.